The number of benzene rings is 2. The summed E-state index contributed by atoms with van der Waals surface area (Å²) in [6.07, 6.45) is 1.75. The number of sulfonamides is 1. The molecule has 27 heavy (non-hydrogen) atoms. The van der Waals surface area contributed by atoms with Gasteiger partial charge in [0.2, 0.25) is 10.0 Å². The Labute approximate surface area is 162 Å². The molecule has 0 bridgehead atoms. The minimum Gasteiger partial charge on any atom is -0.351 e. The lowest BCUT2D eigenvalue weighted by Gasteiger charge is -2.16. The SMILES string of the molecule is O=C(Nc1cccc(S(=O)(=O)N2CCCC2)c1)c1cc2cc(Cl)ccc2[nH]1. The number of amides is 1. The number of anilines is 1. The predicted octanol–water partition coefficient (Wildman–Crippen LogP) is 3.86. The first-order valence-corrected chi connectivity index (χ1v) is 10.5. The summed E-state index contributed by atoms with van der Waals surface area (Å²) in [5.74, 6) is -0.349. The number of fused-ring (bicyclic) bond motifs is 1. The van der Waals surface area contributed by atoms with E-state index in [0.29, 0.717) is 29.5 Å². The molecule has 2 N–H and O–H groups in total. The number of H-pyrrole nitrogens is 1. The van der Waals surface area contributed by atoms with Gasteiger partial charge in [0.1, 0.15) is 5.69 Å². The minimum atomic E-state index is -3.53. The van der Waals surface area contributed by atoms with Crippen LogP contribution >= 0.6 is 11.6 Å². The van der Waals surface area contributed by atoms with Gasteiger partial charge in [0, 0.05) is 34.7 Å². The highest BCUT2D eigenvalue weighted by Gasteiger charge is 2.27. The smallest absolute Gasteiger partial charge is 0.272 e. The molecule has 0 aliphatic carbocycles. The van der Waals surface area contributed by atoms with Crippen molar-refractivity contribution in [3.05, 3.63) is 59.2 Å². The fraction of sp³-hybridized carbons (Fsp3) is 0.211. The molecule has 0 atom stereocenters. The molecule has 140 valence electrons. The van der Waals surface area contributed by atoms with E-state index in [1.807, 2.05) is 0 Å². The number of hydrogen-bond donors (Lipinski definition) is 2. The van der Waals surface area contributed by atoms with Gasteiger partial charge in [0.05, 0.1) is 4.90 Å². The Hall–Kier alpha value is -2.35. The summed E-state index contributed by atoms with van der Waals surface area (Å²) in [7, 11) is -3.53. The van der Waals surface area contributed by atoms with Crippen LogP contribution in [-0.4, -0.2) is 36.7 Å². The second kappa shape index (κ2) is 6.99. The largest absolute Gasteiger partial charge is 0.351 e. The Bertz CT molecular complexity index is 1120. The number of carbonyl (C=O) groups excluding carboxylic acids is 1. The zero-order valence-electron chi connectivity index (χ0n) is 14.4. The van der Waals surface area contributed by atoms with Crippen molar-refractivity contribution in [1.29, 1.82) is 0 Å². The molecule has 0 unspecified atom stereocenters. The van der Waals surface area contributed by atoms with Crippen molar-refractivity contribution in [3.8, 4) is 0 Å². The van der Waals surface area contributed by atoms with Crippen LogP contribution in [0.1, 0.15) is 23.3 Å². The number of carbonyl (C=O) groups is 1. The average Bonchev–Trinajstić information content (AvgIpc) is 3.31. The molecule has 0 radical (unpaired) electrons. The van der Waals surface area contributed by atoms with Crippen LogP contribution in [-0.2, 0) is 10.0 Å². The van der Waals surface area contributed by atoms with Gasteiger partial charge >= 0.3 is 0 Å². The third-order valence-electron chi connectivity index (χ3n) is 4.62. The topological polar surface area (TPSA) is 82.3 Å². The summed E-state index contributed by atoms with van der Waals surface area (Å²) in [5.41, 5.74) is 1.60. The van der Waals surface area contributed by atoms with Crippen LogP contribution in [0.5, 0.6) is 0 Å². The number of nitrogens with one attached hydrogen (secondary N) is 2. The number of aromatic nitrogens is 1. The number of rotatable bonds is 4. The Morgan fingerprint density at radius 1 is 1.07 bits per heavy atom. The van der Waals surface area contributed by atoms with E-state index < -0.39 is 10.0 Å². The van der Waals surface area contributed by atoms with Gasteiger partial charge in [-0.25, -0.2) is 8.42 Å². The molecule has 1 aliphatic heterocycles. The van der Waals surface area contributed by atoms with E-state index in [0.717, 1.165) is 23.7 Å². The molecule has 4 rings (SSSR count). The highest BCUT2D eigenvalue weighted by molar-refractivity contribution is 7.89. The first kappa shape index (κ1) is 18.0. The van der Waals surface area contributed by atoms with E-state index in [2.05, 4.69) is 10.3 Å². The Kier molecular flexibility index (Phi) is 4.67. The van der Waals surface area contributed by atoms with Crippen LogP contribution < -0.4 is 5.32 Å². The summed E-state index contributed by atoms with van der Waals surface area (Å²) in [6.45, 7) is 1.08. The standard InChI is InChI=1S/C19H18ClN3O3S/c20-14-6-7-17-13(10-14)11-18(22-17)19(24)21-15-4-3-5-16(12-15)27(25,26)23-8-1-2-9-23/h3-7,10-12,22H,1-2,8-9H2,(H,21,24). The molecule has 1 aromatic heterocycles. The van der Waals surface area contributed by atoms with Crippen molar-refractivity contribution < 1.29 is 13.2 Å². The molecule has 1 aliphatic rings. The van der Waals surface area contributed by atoms with E-state index in [9.17, 15) is 13.2 Å². The second-order valence-corrected chi connectivity index (χ2v) is 8.88. The lowest BCUT2D eigenvalue weighted by Crippen LogP contribution is -2.27. The molecule has 6 nitrogen and oxygen atoms in total. The van der Waals surface area contributed by atoms with Crippen molar-refractivity contribution >= 4 is 44.1 Å². The first-order valence-electron chi connectivity index (χ1n) is 8.63. The van der Waals surface area contributed by atoms with E-state index in [1.165, 1.54) is 10.4 Å². The minimum absolute atomic E-state index is 0.186. The van der Waals surface area contributed by atoms with Crippen LogP contribution in [0.3, 0.4) is 0 Å². The summed E-state index contributed by atoms with van der Waals surface area (Å²) in [4.78, 5) is 15.8. The van der Waals surface area contributed by atoms with Crippen LogP contribution in [0.25, 0.3) is 10.9 Å². The normalized spacial score (nSPS) is 15.3. The maximum Gasteiger partial charge on any atom is 0.272 e. The van der Waals surface area contributed by atoms with E-state index >= 15 is 0 Å². The third kappa shape index (κ3) is 3.58. The van der Waals surface area contributed by atoms with Gasteiger partial charge in [-0.15, -0.1) is 0 Å². The Morgan fingerprint density at radius 3 is 2.63 bits per heavy atom. The molecule has 3 aromatic rings. The van der Waals surface area contributed by atoms with E-state index in [4.69, 9.17) is 11.6 Å². The molecule has 0 spiro atoms. The fourth-order valence-corrected chi connectivity index (χ4v) is 4.98. The Morgan fingerprint density at radius 2 is 1.85 bits per heavy atom. The van der Waals surface area contributed by atoms with Gasteiger partial charge in [-0.1, -0.05) is 17.7 Å². The number of hydrogen-bond acceptors (Lipinski definition) is 3. The molecule has 1 fully saturated rings. The highest BCUT2D eigenvalue weighted by atomic mass is 35.5. The van der Waals surface area contributed by atoms with E-state index in [1.54, 1.807) is 42.5 Å². The summed E-state index contributed by atoms with van der Waals surface area (Å²) in [5, 5.41) is 4.17. The van der Waals surface area contributed by atoms with Gasteiger partial charge in [-0.2, -0.15) is 4.31 Å². The molecular weight excluding hydrogens is 386 g/mol. The summed E-state index contributed by atoms with van der Waals surface area (Å²) >= 11 is 5.98. The van der Waals surface area contributed by atoms with Gasteiger partial charge in [0.25, 0.3) is 5.91 Å². The predicted molar refractivity (Wildman–Crippen MR) is 106 cm³/mol. The van der Waals surface area contributed by atoms with Gasteiger partial charge in [0.15, 0.2) is 0 Å². The maximum atomic E-state index is 12.7. The highest BCUT2D eigenvalue weighted by Crippen LogP contribution is 2.24. The van der Waals surface area contributed by atoms with Crippen LogP contribution in [0.2, 0.25) is 5.02 Å². The maximum absolute atomic E-state index is 12.7. The molecular formula is C19H18ClN3O3S. The monoisotopic (exact) mass is 403 g/mol. The van der Waals surface area contributed by atoms with E-state index in [-0.39, 0.29) is 10.8 Å². The van der Waals surface area contributed by atoms with Crippen LogP contribution in [0.15, 0.2) is 53.4 Å². The van der Waals surface area contributed by atoms with Crippen LogP contribution in [0, 0.1) is 0 Å². The quantitative estimate of drug-likeness (QED) is 0.693. The number of halogens is 1. The average molecular weight is 404 g/mol. The Balaban J connectivity index is 1.57. The lowest BCUT2D eigenvalue weighted by molar-refractivity contribution is 0.102. The summed E-state index contributed by atoms with van der Waals surface area (Å²) < 4.78 is 26.9. The van der Waals surface area contributed by atoms with Crippen molar-refractivity contribution in [2.24, 2.45) is 0 Å². The number of nitrogens with zero attached hydrogens (tertiary/aromatic N) is 1. The number of aromatic amines is 1. The molecule has 1 amide bonds. The van der Waals surface area contributed by atoms with Crippen molar-refractivity contribution in [2.75, 3.05) is 18.4 Å². The fourth-order valence-electron chi connectivity index (χ4n) is 3.24. The van der Waals surface area contributed by atoms with Gasteiger partial charge in [-0.05, 0) is 55.3 Å². The lowest BCUT2D eigenvalue weighted by atomic mass is 10.2. The summed E-state index contributed by atoms with van der Waals surface area (Å²) in [6, 6.07) is 13.4. The van der Waals surface area contributed by atoms with Crippen molar-refractivity contribution in [3.63, 3.8) is 0 Å². The first-order chi connectivity index (χ1) is 12.9. The molecule has 8 heteroatoms. The third-order valence-corrected chi connectivity index (χ3v) is 6.75. The van der Waals surface area contributed by atoms with Gasteiger partial charge < -0.3 is 10.3 Å². The van der Waals surface area contributed by atoms with Crippen molar-refractivity contribution in [1.82, 2.24) is 9.29 Å². The molecule has 2 heterocycles. The molecule has 2 aromatic carbocycles. The zero-order valence-corrected chi connectivity index (χ0v) is 16.0. The zero-order chi connectivity index (χ0) is 19.0. The van der Waals surface area contributed by atoms with Gasteiger partial charge in [-0.3, -0.25) is 4.79 Å². The molecule has 1 saturated heterocycles. The molecule has 0 saturated carbocycles. The van der Waals surface area contributed by atoms with Crippen LogP contribution in [0.4, 0.5) is 5.69 Å². The second-order valence-electron chi connectivity index (χ2n) is 6.51. The van der Waals surface area contributed by atoms with Crippen molar-refractivity contribution in [2.45, 2.75) is 17.7 Å².